The van der Waals surface area contributed by atoms with Crippen molar-refractivity contribution in [3.63, 3.8) is 0 Å². The Kier molecular flexibility index (Phi) is 4.78. The van der Waals surface area contributed by atoms with Crippen LogP contribution in [0.25, 0.3) is 0 Å². The summed E-state index contributed by atoms with van der Waals surface area (Å²) in [5.74, 6) is 0.434. The molecule has 0 amide bonds. The van der Waals surface area contributed by atoms with Gasteiger partial charge in [-0.2, -0.15) is 0 Å². The van der Waals surface area contributed by atoms with Crippen molar-refractivity contribution in [2.45, 2.75) is 25.8 Å². The van der Waals surface area contributed by atoms with Crippen LogP contribution in [0.3, 0.4) is 0 Å². The molecular formula is C16H23ClN2O2S. The molecule has 2 aliphatic heterocycles. The fourth-order valence-electron chi connectivity index (χ4n) is 3.62. The smallest absolute Gasteiger partial charge is 0.211 e. The van der Waals surface area contributed by atoms with Crippen LogP contribution < -0.4 is 0 Å². The van der Waals surface area contributed by atoms with Crippen LogP contribution in [0.1, 0.15) is 24.0 Å². The van der Waals surface area contributed by atoms with Gasteiger partial charge in [0.25, 0.3) is 0 Å². The number of benzene rings is 1. The van der Waals surface area contributed by atoms with Crippen LogP contribution in [0, 0.1) is 5.92 Å². The van der Waals surface area contributed by atoms with Crippen LogP contribution in [-0.4, -0.2) is 50.1 Å². The van der Waals surface area contributed by atoms with Crippen LogP contribution >= 0.6 is 11.6 Å². The molecule has 1 aromatic rings. The maximum atomic E-state index is 11.7. The summed E-state index contributed by atoms with van der Waals surface area (Å²) in [6.45, 7) is 4.24. The van der Waals surface area contributed by atoms with Gasteiger partial charge in [0.1, 0.15) is 0 Å². The predicted molar refractivity (Wildman–Crippen MR) is 89.6 cm³/mol. The van der Waals surface area contributed by atoms with E-state index >= 15 is 0 Å². The summed E-state index contributed by atoms with van der Waals surface area (Å²) in [6.07, 6.45) is 4.38. The summed E-state index contributed by atoms with van der Waals surface area (Å²) in [6, 6.07) is 6.12. The van der Waals surface area contributed by atoms with Crippen LogP contribution in [-0.2, 0) is 23.0 Å². The molecule has 1 atom stereocenters. The highest BCUT2D eigenvalue weighted by Gasteiger charge is 2.28. The van der Waals surface area contributed by atoms with Crippen LogP contribution in [0.2, 0.25) is 5.02 Å². The molecule has 2 heterocycles. The van der Waals surface area contributed by atoms with E-state index in [1.54, 1.807) is 4.31 Å². The Morgan fingerprint density at radius 1 is 1.32 bits per heavy atom. The normalized spacial score (nSPS) is 24.2. The molecule has 1 fully saturated rings. The monoisotopic (exact) mass is 342 g/mol. The lowest BCUT2D eigenvalue weighted by Crippen LogP contribution is -2.44. The van der Waals surface area contributed by atoms with Crippen LogP contribution in [0.4, 0.5) is 0 Å². The predicted octanol–water partition coefficient (Wildman–Crippen LogP) is 2.37. The zero-order valence-electron chi connectivity index (χ0n) is 13.0. The first-order valence-corrected chi connectivity index (χ1v) is 10.1. The number of sulfonamides is 1. The lowest BCUT2D eigenvalue weighted by atomic mass is 9.95. The van der Waals surface area contributed by atoms with Crippen molar-refractivity contribution in [2.24, 2.45) is 5.92 Å². The Bertz CT molecular complexity index is 648. The molecule has 0 unspecified atom stereocenters. The van der Waals surface area contributed by atoms with E-state index < -0.39 is 10.0 Å². The van der Waals surface area contributed by atoms with Crippen LogP contribution in [0.15, 0.2) is 18.2 Å². The second kappa shape index (κ2) is 6.48. The van der Waals surface area contributed by atoms with E-state index in [0.29, 0.717) is 19.0 Å². The Balaban J connectivity index is 1.63. The van der Waals surface area contributed by atoms with Crippen LogP contribution in [0.5, 0.6) is 0 Å². The summed E-state index contributed by atoms with van der Waals surface area (Å²) >= 11 is 6.26. The van der Waals surface area contributed by atoms with Crippen molar-refractivity contribution < 1.29 is 8.42 Å². The van der Waals surface area contributed by atoms with Crippen molar-refractivity contribution in [3.05, 3.63) is 34.3 Å². The quantitative estimate of drug-likeness (QED) is 0.846. The van der Waals surface area contributed by atoms with E-state index in [2.05, 4.69) is 11.0 Å². The second-order valence-electron chi connectivity index (χ2n) is 6.49. The highest BCUT2D eigenvalue weighted by Crippen LogP contribution is 2.27. The van der Waals surface area contributed by atoms with Crippen molar-refractivity contribution in [3.8, 4) is 0 Å². The molecule has 0 aromatic heterocycles. The molecule has 3 rings (SSSR count). The first-order chi connectivity index (χ1) is 10.4. The number of hydrogen-bond acceptors (Lipinski definition) is 3. The van der Waals surface area contributed by atoms with Crippen molar-refractivity contribution in [2.75, 3.05) is 32.4 Å². The molecule has 1 aromatic carbocycles. The van der Waals surface area contributed by atoms with E-state index in [0.717, 1.165) is 43.9 Å². The van der Waals surface area contributed by atoms with E-state index in [1.165, 1.54) is 17.4 Å². The molecule has 0 N–H and O–H groups in total. The van der Waals surface area contributed by atoms with Gasteiger partial charge in [0.05, 0.1) is 6.26 Å². The molecule has 1 saturated heterocycles. The van der Waals surface area contributed by atoms with E-state index in [-0.39, 0.29) is 0 Å². The minimum Gasteiger partial charge on any atom is -0.298 e. The molecule has 4 nitrogen and oxygen atoms in total. The average molecular weight is 343 g/mol. The largest absolute Gasteiger partial charge is 0.298 e. The molecule has 6 heteroatoms. The van der Waals surface area contributed by atoms with E-state index in [4.69, 9.17) is 11.6 Å². The molecule has 22 heavy (non-hydrogen) atoms. The van der Waals surface area contributed by atoms with Gasteiger partial charge in [0.2, 0.25) is 10.0 Å². The lowest BCUT2D eigenvalue weighted by molar-refractivity contribution is 0.167. The highest BCUT2D eigenvalue weighted by atomic mass is 35.5. The Morgan fingerprint density at radius 2 is 2.14 bits per heavy atom. The Hall–Kier alpha value is -0.620. The average Bonchev–Trinajstić information content (AvgIpc) is 2.47. The zero-order chi connectivity index (χ0) is 15.7. The standard InChI is InChI=1S/C16H23ClN2O2S/c1-22(20,21)19-8-3-4-13(11-19)10-18-9-7-15-14(12-18)5-2-6-16(15)17/h2,5-6,13H,3-4,7-12H2,1H3/t13-/m0/s1. The summed E-state index contributed by atoms with van der Waals surface area (Å²) < 4.78 is 25.1. The zero-order valence-corrected chi connectivity index (χ0v) is 14.5. The number of nitrogens with zero attached hydrogens (tertiary/aromatic N) is 2. The van der Waals surface area contributed by atoms with Gasteiger partial charge in [-0.15, -0.1) is 0 Å². The van der Waals surface area contributed by atoms with Gasteiger partial charge in [0.15, 0.2) is 0 Å². The third kappa shape index (κ3) is 3.65. The number of rotatable bonds is 3. The maximum Gasteiger partial charge on any atom is 0.211 e. The van der Waals surface area contributed by atoms with Gasteiger partial charge < -0.3 is 0 Å². The van der Waals surface area contributed by atoms with E-state index in [9.17, 15) is 8.42 Å². The highest BCUT2D eigenvalue weighted by molar-refractivity contribution is 7.88. The van der Waals surface area contributed by atoms with Crippen molar-refractivity contribution >= 4 is 21.6 Å². The topological polar surface area (TPSA) is 40.6 Å². The van der Waals surface area contributed by atoms with Gasteiger partial charge in [0, 0.05) is 37.7 Å². The van der Waals surface area contributed by atoms with Crippen molar-refractivity contribution in [1.29, 1.82) is 0 Å². The minimum atomic E-state index is -3.06. The molecule has 2 aliphatic rings. The first kappa shape index (κ1) is 16.2. The maximum absolute atomic E-state index is 11.7. The summed E-state index contributed by atoms with van der Waals surface area (Å²) in [5.41, 5.74) is 2.59. The Morgan fingerprint density at radius 3 is 2.91 bits per heavy atom. The molecule has 122 valence electrons. The molecule has 0 radical (unpaired) electrons. The SMILES string of the molecule is CS(=O)(=O)N1CCC[C@@H](CN2CCc3c(Cl)cccc3C2)C1. The fourth-order valence-corrected chi connectivity index (χ4v) is 4.85. The molecule has 0 spiro atoms. The summed E-state index contributed by atoms with van der Waals surface area (Å²) in [7, 11) is -3.06. The Labute approximate surface area is 138 Å². The van der Waals surface area contributed by atoms with Gasteiger partial charge >= 0.3 is 0 Å². The van der Waals surface area contributed by atoms with Gasteiger partial charge in [-0.3, -0.25) is 4.90 Å². The number of piperidine rings is 1. The van der Waals surface area contributed by atoms with Gasteiger partial charge in [-0.1, -0.05) is 23.7 Å². The second-order valence-corrected chi connectivity index (χ2v) is 8.88. The lowest BCUT2D eigenvalue weighted by Gasteiger charge is -2.36. The summed E-state index contributed by atoms with van der Waals surface area (Å²) in [4.78, 5) is 2.44. The minimum absolute atomic E-state index is 0.434. The first-order valence-electron chi connectivity index (χ1n) is 7.87. The number of hydrogen-bond donors (Lipinski definition) is 0. The van der Waals surface area contributed by atoms with E-state index in [1.807, 2.05) is 12.1 Å². The van der Waals surface area contributed by atoms with Gasteiger partial charge in [-0.25, -0.2) is 12.7 Å². The third-order valence-corrected chi connectivity index (χ3v) is 6.38. The molecular weight excluding hydrogens is 320 g/mol. The molecule has 0 aliphatic carbocycles. The number of fused-ring (bicyclic) bond motifs is 1. The molecule has 0 saturated carbocycles. The van der Waals surface area contributed by atoms with Gasteiger partial charge in [-0.05, 0) is 42.4 Å². The summed E-state index contributed by atoms with van der Waals surface area (Å²) in [5, 5.41) is 0.873. The van der Waals surface area contributed by atoms with Crippen molar-refractivity contribution in [1.82, 2.24) is 9.21 Å². The fraction of sp³-hybridized carbons (Fsp3) is 0.625. The number of halogens is 1. The molecule has 0 bridgehead atoms. The third-order valence-electron chi connectivity index (χ3n) is 4.75.